The second-order valence-electron chi connectivity index (χ2n) is 6.14. The van der Waals surface area contributed by atoms with Crippen LogP contribution in [0.15, 0.2) is 0 Å². The van der Waals surface area contributed by atoms with Gasteiger partial charge >= 0.3 is 23.9 Å². The number of hydrogen-bond acceptors (Lipinski definition) is 10. The molecule has 0 aromatic rings. The summed E-state index contributed by atoms with van der Waals surface area (Å²) < 4.78 is 26.3. The quantitative estimate of drug-likeness (QED) is 0.436. The fraction of sp³-hybridized carbons (Fsp3) is 0.706. The molecule has 0 unspecified atom stereocenters. The van der Waals surface area contributed by atoms with Crippen molar-refractivity contribution in [2.75, 3.05) is 6.61 Å². The maximum atomic E-state index is 11.6. The Morgan fingerprint density at radius 1 is 0.667 bits per heavy atom. The van der Waals surface area contributed by atoms with Gasteiger partial charge in [0.05, 0.1) is 0 Å². The summed E-state index contributed by atoms with van der Waals surface area (Å²) in [5, 5.41) is 0. The van der Waals surface area contributed by atoms with Gasteiger partial charge in [-0.05, 0) is 6.92 Å². The summed E-state index contributed by atoms with van der Waals surface area (Å²) in [7, 11) is 0. The summed E-state index contributed by atoms with van der Waals surface area (Å²) >= 11 is 0. The van der Waals surface area contributed by atoms with Crippen LogP contribution in [-0.2, 0) is 47.7 Å². The lowest BCUT2D eigenvalue weighted by Crippen LogP contribution is -2.62. The molecule has 1 rings (SSSR count). The highest BCUT2D eigenvalue weighted by atomic mass is 16.7. The average molecular weight is 388 g/mol. The van der Waals surface area contributed by atoms with Gasteiger partial charge in [-0.15, -0.1) is 0 Å². The number of hydrogen-bond donors (Lipinski definition) is 0. The first-order valence-electron chi connectivity index (χ1n) is 8.31. The van der Waals surface area contributed by atoms with Gasteiger partial charge in [-0.2, -0.15) is 0 Å². The molecule has 1 aliphatic heterocycles. The van der Waals surface area contributed by atoms with E-state index in [9.17, 15) is 24.0 Å². The molecule has 10 heteroatoms. The van der Waals surface area contributed by atoms with Gasteiger partial charge < -0.3 is 23.7 Å². The van der Waals surface area contributed by atoms with Crippen LogP contribution in [0.4, 0.5) is 0 Å². The second-order valence-corrected chi connectivity index (χ2v) is 6.14. The van der Waals surface area contributed by atoms with Gasteiger partial charge in [-0.3, -0.25) is 24.0 Å². The Bertz CT molecular complexity index is 599. The van der Waals surface area contributed by atoms with E-state index in [1.165, 1.54) is 13.8 Å². The summed E-state index contributed by atoms with van der Waals surface area (Å²) in [4.78, 5) is 57.4. The lowest BCUT2D eigenvalue weighted by Gasteiger charge is -2.44. The zero-order valence-corrected chi connectivity index (χ0v) is 15.9. The Hall–Kier alpha value is -2.49. The first-order chi connectivity index (χ1) is 12.5. The van der Waals surface area contributed by atoms with Crippen molar-refractivity contribution < 1.29 is 47.7 Å². The third kappa shape index (κ3) is 7.33. The summed E-state index contributed by atoms with van der Waals surface area (Å²) in [5.74, 6) is -3.00. The summed E-state index contributed by atoms with van der Waals surface area (Å²) in [6, 6.07) is 0. The zero-order valence-electron chi connectivity index (χ0n) is 15.9. The number of Topliss-reactive ketones (excluding diaryl/α,β-unsaturated/α-hetero) is 1. The topological polar surface area (TPSA) is 132 Å². The summed E-state index contributed by atoms with van der Waals surface area (Å²) in [5.41, 5.74) is 0. The van der Waals surface area contributed by atoms with E-state index in [2.05, 4.69) is 0 Å². The third-order valence-corrected chi connectivity index (χ3v) is 3.58. The molecule has 152 valence electrons. The molecular weight excluding hydrogens is 364 g/mol. The molecule has 0 N–H and O–H groups in total. The molecule has 1 heterocycles. The van der Waals surface area contributed by atoms with E-state index in [1.54, 1.807) is 0 Å². The van der Waals surface area contributed by atoms with Crippen LogP contribution < -0.4 is 0 Å². The minimum Gasteiger partial charge on any atom is -0.463 e. The van der Waals surface area contributed by atoms with Crippen LogP contribution in [-0.4, -0.2) is 66.8 Å². The lowest BCUT2D eigenvalue weighted by atomic mass is 9.92. The molecular formula is C17H24O10. The molecule has 5 atom stereocenters. The van der Waals surface area contributed by atoms with E-state index in [4.69, 9.17) is 23.7 Å². The average Bonchev–Trinajstić information content (AvgIpc) is 2.49. The van der Waals surface area contributed by atoms with Crippen LogP contribution in [0.1, 0.15) is 41.0 Å². The molecule has 0 bridgehead atoms. The van der Waals surface area contributed by atoms with Crippen LogP contribution in [0.2, 0.25) is 0 Å². The zero-order chi connectivity index (χ0) is 20.7. The van der Waals surface area contributed by atoms with Gasteiger partial charge in [0, 0.05) is 34.1 Å². The van der Waals surface area contributed by atoms with E-state index in [1.807, 2.05) is 0 Å². The summed E-state index contributed by atoms with van der Waals surface area (Å²) in [6.45, 7) is 5.59. The molecule has 10 nitrogen and oxygen atoms in total. The number of carbonyl (C=O) groups is 5. The fourth-order valence-corrected chi connectivity index (χ4v) is 2.77. The van der Waals surface area contributed by atoms with E-state index >= 15 is 0 Å². The van der Waals surface area contributed by atoms with Crippen molar-refractivity contribution in [2.45, 2.75) is 71.6 Å². The largest absolute Gasteiger partial charge is 0.463 e. The Morgan fingerprint density at radius 2 is 1.11 bits per heavy atom. The van der Waals surface area contributed by atoms with Gasteiger partial charge in [0.15, 0.2) is 18.3 Å². The molecule has 0 aromatic heterocycles. The van der Waals surface area contributed by atoms with E-state index in [0.717, 1.165) is 20.8 Å². The summed E-state index contributed by atoms with van der Waals surface area (Å²) in [6.07, 6.45) is -5.80. The highest BCUT2D eigenvalue weighted by Crippen LogP contribution is 2.30. The van der Waals surface area contributed by atoms with Crippen LogP contribution in [0, 0.1) is 0 Å². The van der Waals surface area contributed by atoms with Crippen molar-refractivity contribution >= 4 is 29.7 Å². The van der Waals surface area contributed by atoms with Gasteiger partial charge in [0.25, 0.3) is 0 Å². The van der Waals surface area contributed by atoms with Gasteiger partial charge in [-0.25, -0.2) is 0 Å². The van der Waals surface area contributed by atoms with Crippen LogP contribution >= 0.6 is 0 Å². The van der Waals surface area contributed by atoms with Crippen molar-refractivity contribution in [2.24, 2.45) is 0 Å². The van der Waals surface area contributed by atoms with Crippen molar-refractivity contribution in [1.29, 1.82) is 0 Å². The van der Waals surface area contributed by atoms with Crippen molar-refractivity contribution in [1.82, 2.24) is 0 Å². The van der Waals surface area contributed by atoms with Crippen molar-refractivity contribution in [3.8, 4) is 0 Å². The first-order valence-corrected chi connectivity index (χ1v) is 8.31. The molecule has 27 heavy (non-hydrogen) atoms. The number of esters is 4. The van der Waals surface area contributed by atoms with Gasteiger partial charge in [0.2, 0.25) is 0 Å². The molecule has 0 amide bonds. The van der Waals surface area contributed by atoms with Gasteiger partial charge in [0.1, 0.15) is 24.6 Å². The minimum atomic E-state index is -1.24. The number of ketones is 1. The molecule has 1 aliphatic rings. The molecule has 0 spiro atoms. The maximum Gasteiger partial charge on any atom is 0.303 e. The Labute approximate surface area is 156 Å². The Morgan fingerprint density at radius 3 is 1.52 bits per heavy atom. The van der Waals surface area contributed by atoms with Crippen LogP contribution in [0.5, 0.6) is 0 Å². The first kappa shape index (κ1) is 22.6. The highest BCUT2D eigenvalue weighted by molar-refractivity contribution is 5.76. The molecule has 1 saturated heterocycles. The molecule has 0 radical (unpaired) electrons. The van der Waals surface area contributed by atoms with E-state index in [0.29, 0.717) is 0 Å². The highest BCUT2D eigenvalue weighted by Gasteiger charge is 2.52. The van der Waals surface area contributed by atoms with E-state index in [-0.39, 0.29) is 18.8 Å². The molecule has 0 aromatic carbocycles. The third-order valence-electron chi connectivity index (χ3n) is 3.58. The fourth-order valence-electron chi connectivity index (χ4n) is 2.77. The lowest BCUT2D eigenvalue weighted by molar-refractivity contribution is -0.252. The second kappa shape index (κ2) is 10.0. The molecule has 0 aliphatic carbocycles. The normalized spacial score (nSPS) is 27.2. The maximum absolute atomic E-state index is 11.6. The Balaban J connectivity index is 3.29. The molecule has 1 fully saturated rings. The van der Waals surface area contributed by atoms with E-state index < -0.39 is 54.4 Å². The van der Waals surface area contributed by atoms with Crippen molar-refractivity contribution in [3.63, 3.8) is 0 Å². The van der Waals surface area contributed by atoms with Crippen LogP contribution in [0.3, 0.4) is 0 Å². The predicted octanol–water partition coefficient (Wildman–Crippen LogP) is 0.0911. The monoisotopic (exact) mass is 388 g/mol. The van der Waals surface area contributed by atoms with Crippen LogP contribution in [0.25, 0.3) is 0 Å². The number of ether oxygens (including phenoxy) is 5. The molecule has 0 saturated carbocycles. The van der Waals surface area contributed by atoms with Gasteiger partial charge in [-0.1, -0.05) is 0 Å². The van der Waals surface area contributed by atoms with Crippen molar-refractivity contribution in [3.05, 3.63) is 0 Å². The number of carbonyl (C=O) groups excluding carboxylic acids is 5. The standard InChI is InChI=1S/C17H24O10/c1-8(18)6-13-15(24-10(3)20)17(26-12(5)22)16(25-11(4)21)14(27-13)7-23-9(2)19/h13-17H,6-7H2,1-5H3/t13-,14+,15-,16+,17+/m0/s1. The predicted molar refractivity (Wildman–Crippen MR) is 87.3 cm³/mol. The Kier molecular flexibility index (Phi) is 8.35. The smallest absolute Gasteiger partial charge is 0.303 e. The SMILES string of the molecule is CC(=O)C[C@@H]1O[C@H](COC(C)=O)[C@@H](OC(C)=O)[C@H](OC(C)=O)[C@H]1OC(C)=O. The minimum absolute atomic E-state index is 0.154. The number of rotatable bonds is 7.